The third-order valence-corrected chi connectivity index (χ3v) is 5.62. The molecule has 8 heteroatoms. The maximum atomic E-state index is 11.4. The van der Waals surface area contributed by atoms with Crippen molar-refractivity contribution < 1.29 is 4.79 Å². The summed E-state index contributed by atoms with van der Waals surface area (Å²) >= 11 is 0. The highest BCUT2D eigenvalue weighted by Crippen LogP contribution is 2.24. The van der Waals surface area contributed by atoms with Crippen molar-refractivity contribution in [1.29, 1.82) is 0 Å². The molecule has 1 aromatic carbocycles. The zero-order chi connectivity index (χ0) is 21.5. The van der Waals surface area contributed by atoms with Gasteiger partial charge in [-0.3, -0.25) is 9.79 Å². The van der Waals surface area contributed by atoms with E-state index in [1.165, 1.54) is 11.1 Å². The van der Waals surface area contributed by atoms with Crippen molar-refractivity contribution in [1.82, 2.24) is 15.2 Å². The van der Waals surface area contributed by atoms with Crippen molar-refractivity contribution in [2.75, 3.05) is 32.1 Å². The maximum Gasteiger partial charge on any atom is 0.220 e. The summed E-state index contributed by atoms with van der Waals surface area (Å²) in [5.74, 6) is 1.57. The Balaban J connectivity index is 0.00000341. The number of anilines is 1. The van der Waals surface area contributed by atoms with Gasteiger partial charge in [0.1, 0.15) is 5.82 Å². The van der Waals surface area contributed by atoms with E-state index in [4.69, 9.17) is 5.73 Å². The average molecular weight is 536 g/mol. The lowest BCUT2D eigenvalue weighted by molar-refractivity contribution is -0.122. The zero-order valence-electron chi connectivity index (χ0n) is 18.5. The predicted molar refractivity (Wildman–Crippen MR) is 137 cm³/mol. The van der Waals surface area contributed by atoms with E-state index in [0.717, 1.165) is 49.8 Å². The molecule has 1 aliphatic heterocycles. The lowest BCUT2D eigenvalue weighted by Crippen LogP contribution is -2.40. The summed E-state index contributed by atoms with van der Waals surface area (Å²) in [6.45, 7) is 5.08. The minimum absolute atomic E-state index is 0. The normalized spacial score (nSPS) is 14.7. The molecule has 0 aliphatic carbocycles. The van der Waals surface area contributed by atoms with Gasteiger partial charge in [0, 0.05) is 58.0 Å². The molecule has 1 amide bonds. The SMILES string of the molecule is CN=C(NCc1cccnc1N1CCC(C(N)=O)CC1)N(C)Cc1ccc(C)cc1.I. The van der Waals surface area contributed by atoms with Gasteiger partial charge in [0.15, 0.2) is 5.96 Å². The number of nitrogens with two attached hydrogens (primary N) is 1. The summed E-state index contributed by atoms with van der Waals surface area (Å²) in [5, 5.41) is 3.46. The highest BCUT2D eigenvalue weighted by molar-refractivity contribution is 14.0. The maximum absolute atomic E-state index is 11.4. The Bertz CT molecular complexity index is 878. The molecule has 2 aromatic rings. The molecule has 1 fully saturated rings. The monoisotopic (exact) mass is 536 g/mol. The quantitative estimate of drug-likeness (QED) is 0.337. The van der Waals surface area contributed by atoms with Crippen LogP contribution in [-0.4, -0.2) is 48.9 Å². The number of nitrogens with zero attached hydrogens (tertiary/aromatic N) is 4. The summed E-state index contributed by atoms with van der Waals surface area (Å²) < 4.78 is 0. The van der Waals surface area contributed by atoms with E-state index >= 15 is 0 Å². The van der Waals surface area contributed by atoms with Crippen molar-refractivity contribution in [3.05, 3.63) is 59.3 Å². The van der Waals surface area contributed by atoms with E-state index in [1.54, 1.807) is 7.05 Å². The number of amides is 1. The van der Waals surface area contributed by atoms with Crippen LogP contribution in [0, 0.1) is 12.8 Å². The molecule has 168 valence electrons. The Morgan fingerprint density at radius 2 is 1.94 bits per heavy atom. The molecule has 3 N–H and O–H groups in total. The molecule has 1 saturated heterocycles. The Morgan fingerprint density at radius 1 is 1.26 bits per heavy atom. The number of hydrogen-bond acceptors (Lipinski definition) is 4. The number of aliphatic imine (C=N–C) groups is 1. The van der Waals surface area contributed by atoms with Crippen LogP contribution in [0.4, 0.5) is 5.82 Å². The van der Waals surface area contributed by atoms with E-state index in [0.29, 0.717) is 6.54 Å². The molecule has 1 aliphatic rings. The van der Waals surface area contributed by atoms with Crippen molar-refractivity contribution >= 4 is 41.7 Å². The number of primary amides is 1. The number of carbonyl (C=O) groups is 1. The number of carbonyl (C=O) groups excluding carboxylic acids is 1. The number of aryl methyl sites for hydroxylation is 1. The van der Waals surface area contributed by atoms with Crippen LogP contribution in [0.3, 0.4) is 0 Å². The lowest BCUT2D eigenvalue weighted by atomic mass is 9.96. The smallest absolute Gasteiger partial charge is 0.220 e. The summed E-state index contributed by atoms with van der Waals surface area (Å²) in [7, 11) is 3.83. The lowest BCUT2D eigenvalue weighted by Gasteiger charge is -2.32. The highest BCUT2D eigenvalue weighted by Gasteiger charge is 2.25. The Kier molecular flexibility index (Phi) is 9.54. The number of benzene rings is 1. The molecule has 2 heterocycles. The van der Waals surface area contributed by atoms with Crippen LogP contribution in [0.15, 0.2) is 47.6 Å². The predicted octanol–water partition coefficient (Wildman–Crippen LogP) is 2.92. The van der Waals surface area contributed by atoms with Gasteiger partial charge in [0.2, 0.25) is 5.91 Å². The van der Waals surface area contributed by atoms with Crippen LogP contribution in [0.2, 0.25) is 0 Å². The van der Waals surface area contributed by atoms with Gasteiger partial charge in [-0.25, -0.2) is 4.98 Å². The van der Waals surface area contributed by atoms with Gasteiger partial charge in [0.05, 0.1) is 0 Å². The van der Waals surface area contributed by atoms with Gasteiger partial charge < -0.3 is 20.9 Å². The minimum atomic E-state index is -0.196. The molecule has 0 spiro atoms. The van der Waals surface area contributed by atoms with E-state index in [-0.39, 0.29) is 35.8 Å². The first-order valence-corrected chi connectivity index (χ1v) is 10.4. The Labute approximate surface area is 202 Å². The molecule has 3 rings (SSSR count). The van der Waals surface area contributed by atoms with Crippen LogP contribution in [0.5, 0.6) is 0 Å². The fourth-order valence-electron chi connectivity index (χ4n) is 3.83. The molecule has 0 bridgehead atoms. The average Bonchev–Trinajstić information content (AvgIpc) is 2.76. The number of aromatic nitrogens is 1. The van der Waals surface area contributed by atoms with Crippen LogP contribution in [0.25, 0.3) is 0 Å². The fourth-order valence-corrected chi connectivity index (χ4v) is 3.83. The number of halogens is 1. The van der Waals surface area contributed by atoms with E-state index < -0.39 is 0 Å². The summed E-state index contributed by atoms with van der Waals surface area (Å²) in [5.41, 5.74) is 9.08. The van der Waals surface area contributed by atoms with Crippen LogP contribution in [-0.2, 0) is 17.9 Å². The summed E-state index contributed by atoms with van der Waals surface area (Å²) in [4.78, 5) is 24.8. The van der Waals surface area contributed by atoms with Gasteiger partial charge in [-0.15, -0.1) is 24.0 Å². The van der Waals surface area contributed by atoms with Crippen LogP contribution >= 0.6 is 24.0 Å². The van der Waals surface area contributed by atoms with Gasteiger partial charge in [-0.05, 0) is 31.4 Å². The highest BCUT2D eigenvalue weighted by atomic mass is 127. The van der Waals surface area contributed by atoms with Crippen molar-refractivity contribution in [2.45, 2.75) is 32.9 Å². The topological polar surface area (TPSA) is 86.9 Å². The third-order valence-electron chi connectivity index (χ3n) is 5.62. The second-order valence-electron chi connectivity index (χ2n) is 7.89. The molecule has 0 saturated carbocycles. The van der Waals surface area contributed by atoms with Gasteiger partial charge in [0.25, 0.3) is 0 Å². The number of pyridine rings is 1. The molecule has 0 unspecified atom stereocenters. The van der Waals surface area contributed by atoms with E-state index in [9.17, 15) is 4.79 Å². The number of guanidine groups is 1. The van der Waals surface area contributed by atoms with E-state index in [1.807, 2.05) is 19.3 Å². The molecule has 0 radical (unpaired) electrons. The van der Waals surface area contributed by atoms with Crippen LogP contribution < -0.4 is 16.0 Å². The van der Waals surface area contributed by atoms with Crippen molar-refractivity contribution in [3.8, 4) is 0 Å². The number of rotatable bonds is 6. The molecular formula is C23H33IN6O. The van der Waals surface area contributed by atoms with Crippen molar-refractivity contribution in [2.24, 2.45) is 16.6 Å². The second-order valence-corrected chi connectivity index (χ2v) is 7.89. The summed E-state index contributed by atoms with van der Waals surface area (Å²) in [6.07, 6.45) is 3.37. The van der Waals surface area contributed by atoms with Gasteiger partial charge >= 0.3 is 0 Å². The van der Waals surface area contributed by atoms with E-state index in [2.05, 4.69) is 62.3 Å². The third kappa shape index (κ3) is 6.81. The minimum Gasteiger partial charge on any atom is -0.369 e. The first-order chi connectivity index (χ1) is 14.5. The van der Waals surface area contributed by atoms with Crippen molar-refractivity contribution in [3.63, 3.8) is 0 Å². The first-order valence-electron chi connectivity index (χ1n) is 10.4. The molecule has 0 atom stereocenters. The first kappa shape index (κ1) is 24.9. The number of nitrogens with one attached hydrogen (secondary N) is 1. The Morgan fingerprint density at radius 3 is 2.55 bits per heavy atom. The van der Waals surface area contributed by atoms with Gasteiger partial charge in [-0.1, -0.05) is 35.9 Å². The molecule has 7 nitrogen and oxygen atoms in total. The molecular weight excluding hydrogens is 503 g/mol. The molecule has 31 heavy (non-hydrogen) atoms. The fraction of sp³-hybridized carbons (Fsp3) is 0.435. The second kappa shape index (κ2) is 11.9. The Hall–Kier alpha value is -2.36. The zero-order valence-corrected chi connectivity index (χ0v) is 20.9. The number of hydrogen-bond donors (Lipinski definition) is 2. The van der Waals surface area contributed by atoms with Crippen LogP contribution in [0.1, 0.15) is 29.5 Å². The standard InChI is InChI=1S/C23H32N6O.HI/c1-17-6-8-18(9-7-17)16-28(3)23(25-2)27-15-20-5-4-12-26-22(20)29-13-10-19(11-14-29)21(24)30;/h4-9,12,19H,10-11,13-16H2,1-3H3,(H2,24,30)(H,25,27);1H. The summed E-state index contributed by atoms with van der Waals surface area (Å²) in [6, 6.07) is 12.6. The molecule has 1 aromatic heterocycles. The number of piperidine rings is 1. The van der Waals surface area contributed by atoms with Gasteiger partial charge in [-0.2, -0.15) is 0 Å². The largest absolute Gasteiger partial charge is 0.369 e.